The van der Waals surface area contributed by atoms with E-state index in [1.807, 2.05) is 0 Å². The predicted octanol–water partition coefficient (Wildman–Crippen LogP) is 2.40. The molecule has 5 nitrogen and oxygen atoms in total. The second-order valence-corrected chi connectivity index (χ2v) is 4.50. The largest absolute Gasteiger partial charge is 0.397 e. The number of nitrogens with zero attached hydrogens (tertiary/aromatic N) is 4. The lowest BCUT2D eigenvalue weighted by Gasteiger charge is -2.17. The van der Waals surface area contributed by atoms with Crippen molar-refractivity contribution in [2.45, 2.75) is 12.6 Å². The molecule has 0 aliphatic carbocycles. The molecule has 0 saturated carbocycles. The summed E-state index contributed by atoms with van der Waals surface area (Å²) in [6, 6.07) is 5.05. The van der Waals surface area contributed by atoms with Crippen LogP contribution >= 0.6 is 0 Å². The summed E-state index contributed by atoms with van der Waals surface area (Å²) in [4.78, 5) is 16.5. The summed E-state index contributed by atoms with van der Waals surface area (Å²) in [5.74, 6) is -0.758. The molecule has 0 aliphatic rings. The van der Waals surface area contributed by atoms with E-state index in [0.29, 0.717) is 5.69 Å². The van der Waals surface area contributed by atoms with Crippen molar-refractivity contribution in [3.05, 3.63) is 30.6 Å². The summed E-state index contributed by atoms with van der Waals surface area (Å²) in [6.07, 6.45) is -2.84. The second-order valence-electron chi connectivity index (χ2n) is 4.50. The molecular weight excluding hydrogens is 285 g/mol. The first-order valence-electron chi connectivity index (χ1n) is 6.05. The van der Waals surface area contributed by atoms with E-state index in [4.69, 9.17) is 0 Å². The van der Waals surface area contributed by atoms with E-state index in [1.54, 1.807) is 37.6 Å². The Morgan fingerprint density at radius 2 is 2.14 bits per heavy atom. The minimum absolute atomic E-state index is 0.281. The topological polar surface area (TPSA) is 51.0 Å². The van der Waals surface area contributed by atoms with Gasteiger partial charge in [-0.1, -0.05) is 0 Å². The van der Waals surface area contributed by atoms with Crippen molar-refractivity contribution >= 4 is 11.7 Å². The highest BCUT2D eigenvalue weighted by molar-refractivity contribution is 5.92. The van der Waals surface area contributed by atoms with Crippen LogP contribution in [0.25, 0.3) is 11.3 Å². The maximum atomic E-state index is 12.3. The lowest BCUT2D eigenvalue weighted by Crippen LogP contribution is -2.32. The number of carbonyl (C=O) groups is 1. The highest BCUT2D eigenvalue weighted by Gasteiger charge is 2.33. The van der Waals surface area contributed by atoms with E-state index in [-0.39, 0.29) is 5.82 Å². The van der Waals surface area contributed by atoms with Crippen LogP contribution in [0, 0.1) is 0 Å². The molecule has 0 radical (unpaired) electrons. The third kappa shape index (κ3) is 3.59. The van der Waals surface area contributed by atoms with Crippen LogP contribution in [0.4, 0.5) is 19.0 Å². The molecule has 0 unspecified atom stereocenters. The lowest BCUT2D eigenvalue weighted by atomic mass is 10.2. The van der Waals surface area contributed by atoms with Gasteiger partial charge in [0.15, 0.2) is 0 Å². The number of alkyl halides is 3. The standard InChI is InChI=1S/C13H13F3N4O/c1-19(12(21)7-13(14,15)16)11-6-10(18-20(11)2)9-4-3-5-17-8-9/h3-6,8H,7H2,1-2H3. The first-order valence-corrected chi connectivity index (χ1v) is 6.05. The van der Waals surface area contributed by atoms with Gasteiger partial charge in [-0.05, 0) is 12.1 Å². The summed E-state index contributed by atoms with van der Waals surface area (Å²) in [5.41, 5.74) is 1.25. The maximum absolute atomic E-state index is 12.3. The van der Waals surface area contributed by atoms with Gasteiger partial charge in [0.05, 0.1) is 5.69 Å². The van der Waals surface area contributed by atoms with Gasteiger partial charge in [-0.2, -0.15) is 18.3 Å². The number of halogens is 3. The number of carbonyl (C=O) groups excluding carboxylic acids is 1. The van der Waals surface area contributed by atoms with Crippen molar-refractivity contribution in [3.63, 3.8) is 0 Å². The van der Waals surface area contributed by atoms with Gasteiger partial charge in [0.2, 0.25) is 5.91 Å². The lowest BCUT2D eigenvalue weighted by molar-refractivity contribution is -0.151. The van der Waals surface area contributed by atoms with Crippen LogP contribution in [0.1, 0.15) is 6.42 Å². The third-order valence-corrected chi connectivity index (χ3v) is 2.88. The van der Waals surface area contributed by atoms with E-state index in [2.05, 4.69) is 10.1 Å². The summed E-state index contributed by atoms with van der Waals surface area (Å²) in [6.45, 7) is 0. The van der Waals surface area contributed by atoms with Crippen molar-refractivity contribution in [2.75, 3.05) is 11.9 Å². The molecule has 2 aromatic rings. The van der Waals surface area contributed by atoms with Crippen LogP contribution in [-0.2, 0) is 11.8 Å². The number of rotatable bonds is 3. The van der Waals surface area contributed by atoms with E-state index in [1.165, 1.54) is 11.7 Å². The number of amides is 1. The smallest absolute Gasteiger partial charge is 0.300 e. The Morgan fingerprint density at radius 3 is 2.71 bits per heavy atom. The number of aromatic nitrogens is 3. The third-order valence-electron chi connectivity index (χ3n) is 2.88. The van der Waals surface area contributed by atoms with Crippen molar-refractivity contribution in [1.29, 1.82) is 0 Å². The van der Waals surface area contributed by atoms with Crippen LogP contribution in [0.2, 0.25) is 0 Å². The van der Waals surface area contributed by atoms with Crippen LogP contribution in [-0.4, -0.2) is 33.9 Å². The minimum atomic E-state index is -4.53. The Balaban J connectivity index is 2.25. The summed E-state index contributed by atoms with van der Waals surface area (Å²) in [7, 11) is 2.85. The SMILES string of the molecule is CN(C(=O)CC(F)(F)F)c1cc(-c2cccnc2)nn1C. The van der Waals surface area contributed by atoms with Crippen LogP contribution in [0.15, 0.2) is 30.6 Å². The van der Waals surface area contributed by atoms with E-state index in [9.17, 15) is 18.0 Å². The summed E-state index contributed by atoms with van der Waals surface area (Å²) in [5, 5.41) is 4.18. The molecule has 21 heavy (non-hydrogen) atoms. The van der Waals surface area contributed by atoms with Crippen molar-refractivity contribution in [2.24, 2.45) is 7.05 Å². The fourth-order valence-electron chi connectivity index (χ4n) is 1.84. The molecule has 0 N–H and O–H groups in total. The molecule has 2 heterocycles. The monoisotopic (exact) mass is 298 g/mol. The van der Waals surface area contributed by atoms with E-state index < -0.39 is 18.5 Å². The van der Waals surface area contributed by atoms with Crippen LogP contribution in [0.3, 0.4) is 0 Å². The minimum Gasteiger partial charge on any atom is -0.300 e. The van der Waals surface area contributed by atoms with Gasteiger partial charge in [0.1, 0.15) is 12.2 Å². The highest BCUT2D eigenvalue weighted by Crippen LogP contribution is 2.25. The molecule has 1 amide bonds. The fourth-order valence-corrected chi connectivity index (χ4v) is 1.84. The fraction of sp³-hybridized carbons (Fsp3) is 0.308. The molecule has 0 atom stereocenters. The number of hydrogen-bond acceptors (Lipinski definition) is 3. The zero-order valence-electron chi connectivity index (χ0n) is 11.4. The predicted molar refractivity (Wildman–Crippen MR) is 70.5 cm³/mol. The zero-order chi connectivity index (χ0) is 15.6. The molecule has 0 aromatic carbocycles. The van der Waals surface area contributed by atoms with Gasteiger partial charge < -0.3 is 0 Å². The molecule has 0 fully saturated rings. The van der Waals surface area contributed by atoms with Gasteiger partial charge >= 0.3 is 6.18 Å². The molecule has 0 aliphatic heterocycles. The van der Waals surface area contributed by atoms with Crippen LogP contribution in [0.5, 0.6) is 0 Å². The normalized spacial score (nSPS) is 11.5. The average molecular weight is 298 g/mol. The Kier molecular flexibility index (Phi) is 3.97. The van der Waals surface area contributed by atoms with Gasteiger partial charge in [-0.25, -0.2) is 0 Å². The number of aryl methyl sites for hydroxylation is 1. The number of anilines is 1. The molecule has 0 saturated heterocycles. The quantitative estimate of drug-likeness (QED) is 0.874. The van der Waals surface area contributed by atoms with Crippen molar-refractivity contribution in [1.82, 2.24) is 14.8 Å². The Hall–Kier alpha value is -2.38. The zero-order valence-corrected chi connectivity index (χ0v) is 11.4. The van der Waals surface area contributed by atoms with Crippen molar-refractivity contribution in [3.8, 4) is 11.3 Å². The molecule has 112 valence electrons. The first kappa shape index (κ1) is 15.0. The highest BCUT2D eigenvalue weighted by atomic mass is 19.4. The Morgan fingerprint density at radius 1 is 1.43 bits per heavy atom. The molecule has 0 spiro atoms. The van der Waals surface area contributed by atoms with E-state index in [0.717, 1.165) is 10.5 Å². The van der Waals surface area contributed by atoms with Gasteiger partial charge in [-0.3, -0.25) is 19.4 Å². The van der Waals surface area contributed by atoms with Gasteiger partial charge in [0, 0.05) is 38.1 Å². The van der Waals surface area contributed by atoms with Crippen molar-refractivity contribution < 1.29 is 18.0 Å². The second kappa shape index (κ2) is 5.55. The number of hydrogen-bond donors (Lipinski definition) is 0. The number of pyridine rings is 1. The molecule has 2 aromatic heterocycles. The Labute approximate surface area is 119 Å². The summed E-state index contributed by atoms with van der Waals surface area (Å²) >= 11 is 0. The molecule has 2 rings (SSSR count). The molecular formula is C13H13F3N4O. The summed E-state index contributed by atoms with van der Waals surface area (Å²) < 4.78 is 38.2. The van der Waals surface area contributed by atoms with Gasteiger partial charge in [0.25, 0.3) is 0 Å². The first-order chi connectivity index (χ1) is 9.78. The van der Waals surface area contributed by atoms with Gasteiger partial charge in [-0.15, -0.1) is 0 Å². The van der Waals surface area contributed by atoms with E-state index >= 15 is 0 Å². The molecule has 8 heteroatoms. The average Bonchev–Trinajstić information content (AvgIpc) is 2.79. The maximum Gasteiger partial charge on any atom is 0.397 e. The molecule has 0 bridgehead atoms. The Bertz CT molecular complexity index is 637. The van der Waals surface area contributed by atoms with Crippen LogP contribution < -0.4 is 4.90 Å².